The fraction of sp³-hybridized carbons (Fsp3) is 0.688. The molecule has 2 unspecified atom stereocenters. The molecule has 1 aromatic heterocycles. The highest BCUT2D eigenvalue weighted by molar-refractivity contribution is 5.13. The number of pyridine rings is 1. The number of aromatic nitrogens is 1. The van der Waals surface area contributed by atoms with E-state index in [0.717, 1.165) is 5.92 Å². The Kier molecular flexibility index (Phi) is 5.18. The molecule has 0 aromatic carbocycles. The molecule has 0 saturated heterocycles. The molecule has 18 heavy (non-hydrogen) atoms. The molecule has 1 saturated carbocycles. The third-order valence-corrected chi connectivity index (χ3v) is 4.31. The molecule has 0 amide bonds. The quantitative estimate of drug-likeness (QED) is 0.846. The molecule has 2 atom stereocenters. The van der Waals surface area contributed by atoms with E-state index in [4.69, 9.17) is 0 Å². The van der Waals surface area contributed by atoms with Crippen LogP contribution in [-0.2, 0) is 0 Å². The van der Waals surface area contributed by atoms with Gasteiger partial charge in [0, 0.05) is 24.5 Å². The molecule has 2 rings (SSSR count). The summed E-state index contributed by atoms with van der Waals surface area (Å²) in [6.45, 7) is 4.56. The number of hydrogen-bond donors (Lipinski definition) is 1. The number of nitrogens with zero attached hydrogens (tertiary/aromatic N) is 1. The minimum atomic E-state index is 0.408. The minimum Gasteiger partial charge on any atom is -0.307 e. The Hall–Kier alpha value is -0.890. The summed E-state index contributed by atoms with van der Waals surface area (Å²) >= 11 is 0. The normalized spacial score (nSPS) is 20.6. The SMILES string of the molecule is CCC(NC(C)c1cccnc1)C1CCCCC1. The van der Waals surface area contributed by atoms with Gasteiger partial charge < -0.3 is 5.32 Å². The molecule has 1 N–H and O–H groups in total. The molecule has 2 heteroatoms. The van der Waals surface area contributed by atoms with Crippen LogP contribution in [0.3, 0.4) is 0 Å². The maximum absolute atomic E-state index is 4.21. The highest BCUT2D eigenvalue weighted by Gasteiger charge is 2.23. The first-order chi connectivity index (χ1) is 8.81. The monoisotopic (exact) mass is 246 g/mol. The Labute approximate surface area is 111 Å². The smallest absolute Gasteiger partial charge is 0.0315 e. The lowest BCUT2D eigenvalue weighted by molar-refractivity contribution is 0.249. The zero-order valence-corrected chi connectivity index (χ0v) is 11.7. The summed E-state index contributed by atoms with van der Waals surface area (Å²) in [5, 5.41) is 3.81. The van der Waals surface area contributed by atoms with E-state index in [1.54, 1.807) is 0 Å². The van der Waals surface area contributed by atoms with Crippen molar-refractivity contribution in [1.29, 1.82) is 0 Å². The van der Waals surface area contributed by atoms with Crippen LogP contribution in [0.15, 0.2) is 24.5 Å². The first kappa shape index (κ1) is 13.5. The van der Waals surface area contributed by atoms with Gasteiger partial charge in [-0.25, -0.2) is 0 Å². The predicted molar refractivity (Wildman–Crippen MR) is 76.4 cm³/mol. The second kappa shape index (κ2) is 6.89. The Morgan fingerprint density at radius 2 is 2.11 bits per heavy atom. The van der Waals surface area contributed by atoms with Gasteiger partial charge in [-0.3, -0.25) is 4.98 Å². The van der Waals surface area contributed by atoms with Gasteiger partial charge in [0.25, 0.3) is 0 Å². The standard InChI is InChI=1S/C16H26N2/c1-3-16(14-8-5-4-6-9-14)18-13(2)15-10-7-11-17-12-15/h7,10-14,16,18H,3-6,8-9H2,1-2H3. The van der Waals surface area contributed by atoms with Crippen LogP contribution in [-0.4, -0.2) is 11.0 Å². The van der Waals surface area contributed by atoms with Crippen LogP contribution < -0.4 is 5.32 Å². The van der Waals surface area contributed by atoms with Gasteiger partial charge in [0.15, 0.2) is 0 Å². The summed E-state index contributed by atoms with van der Waals surface area (Å²) in [5.41, 5.74) is 1.30. The second-order valence-electron chi connectivity index (χ2n) is 5.59. The molecule has 0 aliphatic heterocycles. The molecule has 1 fully saturated rings. The highest BCUT2D eigenvalue weighted by Crippen LogP contribution is 2.29. The van der Waals surface area contributed by atoms with E-state index >= 15 is 0 Å². The van der Waals surface area contributed by atoms with Crippen molar-refractivity contribution in [3.63, 3.8) is 0 Å². The fourth-order valence-corrected chi connectivity index (χ4v) is 3.17. The maximum atomic E-state index is 4.21. The predicted octanol–water partition coefficient (Wildman–Crippen LogP) is 4.09. The molecule has 1 aromatic rings. The first-order valence-electron chi connectivity index (χ1n) is 7.47. The van der Waals surface area contributed by atoms with Gasteiger partial charge in [0.05, 0.1) is 0 Å². The van der Waals surface area contributed by atoms with Crippen molar-refractivity contribution in [2.45, 2.75) is 64.5 Å². The average molecular weight is 246 g/mol. The van der Waals surface area contributed by atoms with Gasteiger partial charge in [-0.05, 0) is 43.7 Å². The maximum Gasteiger partial charge on any atom is 0.0315 e. The van der Waals surface area contributed by atoms with E-state index in [1.807, 2.05) is 18.5 Å². The van der Waals surface area contributed by atoms with Crippen LogP contribution in [0.5, 0.6) is 0 Å². The van der Waals surface area contributed by atoms with Crippen molar-refractivity contribution < 1.29 is 0 Å². The third-order valence-electron chi connectivity index (χ3n) is 4.31. The lowest BCUT2D eigenvalue weighted by atomic mass is 9.82. The molecule has 0 spiro atoms. The van der Waals surface area contributed by atoms with Gasteiger partial charge >= 0.3 is 0 Å². The van der Waals surface area contributed by atoms with Gasteiger partial charge in [-0.1, -0.05) is 32.3 Å². The van der Waals surface area contributed by atoms with Crippen molar-refractivity contribution in [2.24, 2.45) is 5.92 Å². The largest absolute Gasteiger partial charge is 0.307 e. The zero-order valence-electron chi connectivity index (χ0n) is 11.7. The van der Waals surface area contributed by atoms with Crippen molar-refractivity contribution in [2.75, 3.05) is 0 Å². The van der Waals surface area contributed by atoms with Crippen LogP contribution >= 0.6 is 0 Å². The summed E-state index contributed by atoms with van der Waals surface area (Å²) in [6.07, 6.45) is 12.1. The molecule has 1 aliphatic rings. The van der Waals surface area contributed by atoms with Crippen LogP contribution in [0.1, 0.15) is 64.0 Å². The average Bonchev–Trinajstić information content (AvgIpc) is 2.46. The Morgan fingerprint density at radius 3 is 2.72 bits per heavy atom. The third kappa shape index (κ3) is 3.55. The van der Waals surface area contributed by atoms with Gasteiger partial charge in [-0.2, -0.15) is 0 Å². The van der Waals surface area contributed by atoms with E-state index in [0.29, 0.717) is 12.1 Å². The van der Waals surface area contributed by atoms with Gasteiger partial charge in [0.2, 0.25) is 0 Å². The summed E-state index contributed by atoms with van der Waals surface area (Å²) in [5.74, 6) is 0.878. The molecular formula is C16H26N2. The minimum absolute atomic E-state index is 0.408. The van der Waals surface area contributed by atoms with Crippen LogP contribution in [0.25, 0.3) is 0 Å². The summed E-state index contributed by atoms with van der Waals surface area (Å²) in [4.78, 5) is 4.21. The fourth-order valence-electron chi connectivity index (χ4n) is 3.17. The number of nitrogens with one attached hydrogen (secondary N) is 1. The summed E-state index contributed by atoms with van der Waals surface area (Å²) < 4.78 is 0. The number of hydrogen-bond acceptors (Lipinski definition) is 2. The topological polar surface area (TPSA) is 24.9 Å². The molecule has 0 bridgehead atoms. The van der Waals surface area contributed by atoms with Crippen LogP contribution in [0.2, 0.25) is 0 Å². The summed E-state index contributed by atoms with van der Waals surface area (Å²) in [6, 6.07) is 5.26. The van der Waals surface area contributed by atoms with E-state index in [1.165, 1.54) is 44.1 Å². The van der Waals surface area contributed by atoms with Crippen LogP contribution in [0.4, 0.5) is 0 Å². The van der Waals surface area contributed by atoms with E-state index in [2.05, 4.69) is 30.2 Å². The summed E-state index contributed by atoms with van der Waals surface area (Å²) in [7, 11) is 0. The number of rotatable bonds is 5. The van der Waals surface area contributed by atoms with E-state index in [-0.39, 0.29) is 0 Å². The Morgan fingerprint density at radius 1 is 1.33 bits per heavy atom. The van der Waals surface area contributed by atoms with E-state index in [9.17, 15) is 0 Å². The molecule has 100 valence electrons. The molecule has 2 nitrogen and oxygen atoms in total. The lowest BCUT2D eigenvalue weighted by Gasteiger charge is -2.32. The van der Waals surface area contributed by atoms with Crippen molar-refractivity contribution >= 4 is 0 Å². The molecular weight excluding hydrogens is 220 g/mol. The van der Waals surface area contributed by atoms with E-state index < -0.39 is 0 Å². The second-order valence-corrected chi connectivity index (χ2v) is 5.59. The van der Waals surface area contributed by atoms with Gasteiger partial charge in [-0.15, -0.1) is 0 Å². The Bertz CT molecular complexity index is 330. The lowest BCUT2D eigenvalue weighted by Crippen LogP contribution is -2.38. The van der Waals surface area contributed by atoms with Gasteiger partial charge in [0.1, 0.15) is 0 Å². The first-order valence-corrected chi connectivity index (χ1v) is 7.47. The molecule has 1 heterocycles. The zero-order chi connectivity index (χ0) is 12.8. The Balaban J connectivity index is 1.93. The van der Waals surface area contributed by atoms with Crippen molar-refractivity contribution in [3.05, 3.63) is 30.1 Å². The van der Waals surface area contributed by atoms with Crippen molar-refractivity contribution in [1.82, 2.24) is 10.3 Å². The molecule has 1 aliphatic carbocycles. The van der Waals surface area contributed by atoms with Crippen molar-refractivity contribution in [3.8, 4) is 0 Å². The van der Waals surface area contributed by atoms with Crippen LogP contribution in [0, 0.1) is 5.92 Å². The highest BCUT2D eigenvalue weighted by atomic mass is 15.0. The molecule has 0 radical (unpaired) electrons.